The normalized spacial score (nSPS) is 14.8. The van der Waals surface area contributed by atoms with Gasteiger partial charge in [-0.1, -0.05) is 59.4 Å². The first-order valence-electron chi connectivity index (χ1n) is 11.7. The van der Waals surface area contributed by atoms with Crippen LogP contribution in [0.25, 0.3) is 11.4 Å². The van der Waals surface area contributed by atoms with Crippen LogP contribution in [0.15, 0.2) is 76.5 Å². The van der Waals surface area contributed by atoms with Gasteiger partial charge >= 0.3 is 6.18 Å². The fourth-order valence-electron chi connectivity index (χ4n) is 4.28. The second-order valence-corrected chi connectivity index (χ2v) is 9.64. The van der Waals surface area contributed by atoms with Crippen LogP contribution >= 0.6 is 11.8 Å². The highest BCUT2D eigenvalue weighted by atomic mass is 32.2. The van der Waals surface area contributed by atoms with Crippen molar-refractivity contribution in [1.29, 1.82) is 0 Å². The molecule has 1 aliphatic heterocycles. The Bertz CT molecular complexity index is 1290. The molecule has 6 nitrogen and oxygen atoms in total. The summed E-state index contributed by atoms with van der Waals surface area (Å²) in [7, 11) is 0. The molecule has 0 atom stereocenters. The van der Waals surface area contributed by atoms with Gasteiger partial charge in [-0.2, -0.15) is 18.2 Å². The standard InChI is InChI=1S/C26H24F3N5OS/c27-26(28,29)21-8-4-7-20(16-21)24-32-23(35-33-24)17-36-25-30-12-9-22(31-25)34-13-10-19(11-14-34)15-18-5-2-1-3-6-18/h1-9,12,16,19H,10-11,13-15,17H2. The molecule has 0 aliphatic carbocycles. The number of benzene rings is 2. The average molecular weight is 512 g/mol. The number of anilines is 1. The predicted molar refractivity (Wildman–Crippen MR) is 131 cm³/mol. The predicted octanol–water partition coefficient (Wildman–Crippen LogP) is 6.30. The van der Waals surface area contributed by atoms with Crippen LogP contribution in [-0.4, -0.2) is 33.2 Å². The summed E-state index contributed by atoms with van der Waals surface area (Å²) in [4.78, 5) is 15.5. The van der Waals surface area contributed by atoms with Crippen molar-refractivity contribution in [2.24, 2.45) is 5.92 Å². The third-order valence-corrected chi connectivity index (χ3v) is 7.01. The van der Waals surface area contributed by atoms with Crippen molar-refractivity contribution in [3.05, 3.63) is 83.9 Å². The molecule has 1 aliphatic rings. The summed E-state index contributed by atoms with van der Waals surface area (Å²) in [5.41, 5.74) is 0.877. The van der Waals surface area contributed by atoms with E-state index >= 15 is 0 Å². The third-order valence-electron chi connectivity index (χ3n) is 6.17. The Labute approximate surface area is 211 Å². The molecule has 4 aromatic rings. The Balaban J connectivity index is 1.17. The first kappa shape index (κ1) is 24.3. The van der Waals surface area contributed by atoms with Gasteiger partial charge < -0.3 is 9.42 Å². The number of alkyl halides is 3. The van der Waals surface area contributed by atoms with E-state index in [1.54, 1.807) is 6.20 Å². The fraction of sp³-hybridized carbons (Fsp3) is 0.308. The van der Waals surface area contributed by atoms with E-state index in [0.29, 0.717) is 22.7 Å². The average Bonchev–Trinajstić information content (AvgIpc) is 3.38. The largest absolute Gasteiger partial charge is 0.416 e. The summed E-state index contributed by atoms with van der Waals surface area (Å²) in [5.74, 6) is 2.28. The van der Waals surface area contributed by atoms with Gasteiger partial charge in [0.15, 0.2) is 5.16 Å². The van der Waals surface area contributed by atoms with Gasteiger partial charge in [-0.15, -0.1) is 0 Å². The molecule has 3 heterocycles. The van der Waals surface area contributed by atoms with Crippen LogP contribution < -0.4 is 4.90 Å². The molecule has 186 valence electrons. The summed E-state index contributed by atoms with van der Waals surface area (Å²) < 4.78 is 44.2. The van der Waals surface area contributed by atoms with Crippen LogP contribution in [-0.2, 0) is 18.3 Å². The first-order valence-corrected chi connectivity index (χ1v) is 12.7. The Morgan fingerprint density at radius 1 is 0.972 bits per heavy atom. The molecular weight excluding hydrogens is 487 g/mol. The Kier molecular flexibility index (Phi) is 7.22. The first-order chi connectivity index (χ1) is 17.4. The quantitative estimate of drug-likeness (QED) is 0.213. The molecule has 36 heavy (non-hydrogen) atoms. The van der Waals surface area contributed by atoms with E-state index in [9.17, 15) is 13.2 Å². The van der Waals surface area contributed by atoms with E-state index in [4.69, 9.17) is 4.52 Å². The Hall–Kier alpha value is -3.40. The van der Waals surface area contributed by atoms with Crippen LogP contribution in [0.4, 0.5) is 19.0 Å². The SMILES string of the molecule is FC(F)(F)c1cccc(-c2noc(CSc3nccc(N4CCC(Cc5ccccc5)CC4)n3)n2)c1. The molecule has 2 aromatic carbocycles. The zero-order chi connectivity index (χ0) is 25.0. The van der Waals surface area contributed by atoms with Crippen LogP contribution in [0.3, 0.4) is 0 Å². The molecule has 0 saturated carbocycles. The number of halogens is 3. The van der Waals surface area contributed by atoms with E-state index in [-0.39, 0.29) is 11.4 Å². The van der Waals surface area contributed by atoms with E-state index in [1.807, 2.05) is 12.1 Å². The fourth-order valence-corrected chi connectivity index (χ4v) is 4.95. The third kappa shape index (κ3) is 6.04. The van der Waals surface area contributed by atoms with Crippen molar-refractivity contribution in [2.45, 2.75) is 36.3 Å². The lowest BCUT2D eigenvalue weighted by atomic mass is 9.90. The van der Waals surface area contributed by atoms with Crippen molar-refractivity contribution in [1.82, 2.24) is 20.1 Å². The molecule has 0 bridgehead atoms. The molecule has 2 aromatic heterocycles. The van der Waals surface area contributed by atoms with E-state index in [0.717, 1.165) is 50.3 Å². The molecule has 1 fully saturated rings. The number of hydrogen-bond donors (Lipinski definition) is 0. The Morgan fingerprint density at radius 2 is 1.78 bits per heavy atom. The molecule has 0 unspecified atom stereocenters. The Morgan fingerprint density at radius 3 is 2.56 bits per heavy atom. The molecule has 0 spiro atoms. The maximum absolute atomic E-state index is 13.0. The highest BCUT2D eigenvalue weighted by Crippen LogP contribution is 2.32. The van der Waals surface area contributed by atoms with Crippen molar-refractivity contribution < 1.29 is 17.7 Å². The topological polar surface area (TPSA) is 67.9 Å². The lowest BCUT2D eigenvalue weighted by Gasteiger charge is -2.33. The maximum Gasteiger partial charge on any atom is 0.416 e. The lowest BCUT2D eigenvalue weighted by Crippen LogP contribution is -2.34. The molecule has 10 heteroatoms. The highest BCUT2D eigenvalue weighted by molar-refractivity contribution is 7.98. The molecular formula is C26H24F3N5OS. The van der Waals surface area contributed by atoms with Gasteiger partial charge in [0.2, 0.25) is 11.7 Å². The lowest BCUT2D eigenvalue weighted by molar-refractivity contribution is -0.137. The van der Waals surface area contributed by atoms with E-state index < -0.39 is 11.7 Å². The summed E-state index contributed by atoms with van der Waals surface area (Å²) in [5, 5.41) is 4.42. The maximum atomic E-state index is 13.0. The van der Waals surface area contributed by atoms with Crippen LogP contribution in [0.5, 0.6) is 0 Å². The van der Waals surface area contributed by atoms with Gasteiger partial charge in [-0.25, -0.2) is 9.97 Å². The van der Waals surface area contributed by atoms with Crippen LogP contribution in [0.2, 0.25) is 0 Å². The van der Waals surface area contributed by atoms with Gasteiger partial charge in [0, 0.05) is 24.8 Å². The zero-order valence-corrected chi connectivity index (χ0v) is 20.2. The minimum absolute atomic E-state index is 0.116. The molecule has 0 N–H and O–H groups in total. The van der Waals surface area contributed by atoms with Crippen LogP contribution in [0, 0.1) is 5.92 Å². The van der Waals surface area contributed by atoms with Crippen LogP contribution in [0.1, 0.15) is 29.9 Å². The van der Waals surface area contributed by atoms with Crippen molar-refractivity contribution in [2.75, 3.05) is 18.0 Å². The number of rotatable bonds is 7. The summed E-state index contributed by atoms with van der Waals surface area (Å²) in [6, 6.07) is 17.4. The van der Waals surface area contributed by atoms with E-state index in [2.05, 4.69) is 49.3 Å². The number of hydrogen-bond acceptors (Lipinski definition) is 7. The number of piperidine rings is 1. The smallest absolute Gasteiger partial charge is 0.356 e. The second-order valence-electron chi connectivity index (χ2n) is 8.70. The molecule has 0 radical (unpaired) electrons. The van der Waals surface area contributed by atoms with Crippen molar-refractivity contribution in [3.63, 3.8) is 0 Å². The summed E-state index contributed by atoms with van der Waals surface area (Å²) in [6.45, 7) is 1.89. The summed E-state index contributed by atoms with van der Waals surface area (Å²) >= 11 is 1.34. The highest BCUT2D eigenvalue weighted by Gasteiger charge is 2.30. The number of thioether (sulfide) groups is 1. The van der Waals surface area contributed by atoms with Crippen molar-refractivity contribution in [3.8, 4) is 11.4 Å². The van der Waals surface area contributed by atoms with E-state index in [1.165, 1.54) is 29.5 Å². The minimum Gasteiger partial charge on any atom is -0.356 e. The molecule has 0 amide bonds. The number of aromatic nitrogens is 4. The molecule has 1 saturated heterocycles. The molecule has 5 rings (SSSR count). The van der Waals surface area contributed by atoms with Crippen molar-refractivity contribution >= 4 is 17.6 Å². The van der Waals surface area contributed by atoms with Gasteiger partial charge in [-0.3, -0.25) is 0 Å². The zero-order valence-electron chi connectivity index (χ0n) is 19.4. The van der Waals surface area contributed by atoms with Gasteiger partial charge in [0.05, 0.1) is 11.3 Å². The summed E-state index contributed by atoms with van der Waals surface area (Å²) in [6.07, 6.45) is 0.635. The van der Waals surface area contributed by atoms with Gasteiger partial charge in [-0.05, 0) is 48.9 Å². The van der Waals surface area contributed by atoms with Gasteiger partial charge in [0.25, 0.3) is 0 Å². The van der Waals surface area contributed by atoms with Gasteiger partial charge in [0.1, 0.15) is 5.82 Å². The minimum atomic E-state index is -4.43. The second kappa shape index (κ2) is 10.7. The monoisotopic (exact) mass is 511 g/mol. The number of nitrogens with zero attached hydrogens (tertiary/aromatic N) is 5.